The number of hydrogen-bond acceptors (Lipinski definition) is 6. The number of hydrogen-bond donors (Lipinski definition) is 1. The number of nitrogens with zero attached hydrogens (tertiary/aromatic N) is 4. The molecule has 1 fully saturated rings. The van der Waals surface area contributed by atoms with Gasteiger partial charge < -0.3 is 19.9 Å². The van der Waals surface area contributed by atoms with E-state index in [1.54, 1.807) is 6.20 Å². The highest BCUT2D eigenvalue weighted by molar-refractivity contribution is 6.32. The van der Waals surface area contributed by atoms with Gasteiger partial charge in [-0.1, -0.05) is 24.6 Å². The van der Waals surface area contributed by atoms with Gasteiger partial charge in [-0.15, -0.1) is 0 Å². The fourth-order valence-electron chi connectivity index (χ4n) is 3.09. The van der Waals surface area contributed by atoms with Crippen LogP contribution in [-0.2, 0) is 6.54 Å². The van der Waals surface area contributed by atoms with E-state index < -0.39 is 18.7 Å². The Morgan fingerprint density at radius 3 is 2.52 bits per heavy atom. The highest BCUT2D eigenvalue weighted by Crippen LogP contribution is 2.25. The van der Waals surface area contributed by atoms with Crippen LogP contribution in [0.3, 0.4) is 0 Å². The summed E-state index contributed by atoms with van der Waals surface area (Å²) in [4.78, 5) is 25.1. The van der Waals surface area contributed by atoms with Gasteiger partial charge in [-0.25, -0.2) is 9.97 Å². The molecule has 1 N–H and O–H groups in total. The number of rotatable bonds is 7. The van der Waals surface area contributed by atoms with Gasteiger partial charge in [0.2, 0.25) is 5.88 Å². The van der Waals surface area contributed by atoms with E-state index >= 15 is 0 Å². The van der Waals surface area contributed by atoms with Crippen molar-refractivity contribution in [2.75, 3.05) is 44.2 Å². The maximum absolute atomic E-state index is 12.3. The molecule has 31 heavy (non-hydrogen) atoms. The zero-order valence-corrected chi connectivity index (χ0v) is 17.7. The number of aromatic nitrogens is 2. The van der Waals surface area contributed by atoms with Crippen LogP contribution < -0.4 is 15.0 Å². The van der Waals surface area contributed by atoms with Gasteiger partial charge in [0.15, 0.2) is 6.61 Å². The van der Waals surface area contributed by atoms with Crippen LogP contribution >= 0.6 is 11.6 Å². The van der Waals surface area contributed by atoms with Crippen LogP contribution in [0.1, 0.15) is 22.8 Å². The van der Waals surface area contributed by atoms with Gasteiger partial charge in [0.25, 0.3) is 5.91 Å². The second kappa shape index (κ2) is 10.1. The molecule has 0 bridgehead atoms. The van der Waals surface area contributed by atoms with E-state index in [2.05, 4.69) is 36.7 Å². The summed E-state index contributed by atoms with van der Waals surface area (Å²) in [7, 11) is 0. The minimum Gasteiger partial charge on any atom is -0.467 e. The van der Waals surface area contributed by atoms with E-state index in [4.69, 9.17) is 11.6 Å². The first-order valence-corrected chi connectivity index (χ1v) is 10.2. The molecule has 2 aromatic heterocycles. The molecular formula is C20H23ClF3N5O2. The number of carbonyl (C=O) groups is 1. The van der Waals surface area contributed by atoms with Gasteiger partial charge in [0.1, 0.15) is 10.8 Å². The fourth-order valence-corrected chi connectivity index (χ4v) is 3.31. The highest BCUT2D eigenvalue weighted by atomic mass is 35.5. The van der Waals surface area contributed by atoms with Gasteiger partial charge >= 0.3 is 6.18 Å². The molecule has 1 aliphatic heterocycles. The Balaban J connectivity index is 1.52. The smallest absolute Gasteiger partial charge is 0.422 e. The molecule has 168 valence electrons. The highest BCUT2D eigenvalue weighted by Gasteiger charge is 2.29. The molecule has 0 saturated carbocycles. The lowest BCUT2D eigenvalue weighted by molar-refractivity contribution is -0.154. The quantitative estimate of drug-likeness (QED) is 0.689. The lowest BCUT2D eigenvalue weighted by atomic mass is 10.2. The molecule has 0 spiro atoms. The van der Waals surface area contributed by atoms with Crippen LogP contribution in [0.15, 0.2) is 30.6 Å². The van der Waals surface area contributed by atoms with Crippen LogP contribution in [-0.4, -0.2) is 66.3 Å². The van der Waals surface area contributed by atoms with E-state index in [-0.39, 0.29) is 23.0 Å². The summed E-state index contributed by atoms with van der Waals surface area (Å²) in [5.74, 6) is 0.0582. The number of nitrogens with one attached hydrogen (secondary N) is 1. The van der Waals surface area contributed by atoms with E-state index in [9.17, 15) is 18.0 Å². The molecule has 7 nitrogen and oxygen atoms in total. The molecule has 0 aliphatic carbocycles. The number of alkyl halides is 3. The molecule has 0 atom stereocenters. The van der Waals surface area contributed by atoms with E-state index in [1.165, 1.54) is 6.07 Å². The van der Waals surface area contributed by atoms with Crippen LogP contribution in [0.2, 0.25) is 5.02 Å². The molecule has 0 radical (unpaired) electrons. The fraction of sp³-hybridized carbons (Fsp3) is 0.450. The molecule has 2 aromatic rings. The Labute approximate surface area is 183 Å². The lowest BCUT2D eigenvalue weighted by Crippen LogP contribution is -2.46. The predicted octanol–water partition coefficient (Wildman–Crippen LogP) is 3.14. The van der Waals surface area contributed by atoms with Crippen molar-refractivity contribution in [2.24, 2.45) is 0 Å². The van der Waals surface area contributed by atoms with Crippen molar-refractivity contribution >= 4 is 23.3 Å². The van der Waals surface area contributed by atoms with Crippen molar-refractivity contribution in [2.45, 2.75) is 19.6 Å². The third kappa shape index (κ3) is 6.70. The first-order valence-electron chi connectivity index (χ1n) is 9.80. The number of piperazine rings is 1. The van der Waals surface area contributed by atoms with Crippen LogP contribution in [0.4, 0.5) is 19.0 Å². The number of halogens is 4. The van der Waals surface area contributed by atoms with Crippen molar-refractivity contribution in [3.8, 4) is 5.88 Å². The zero-order chi connectivity index (χ0) is 22.4. The minimum absolute atomic E-state index is 0.114. The van der Waals surface area contributed by atoms with Gasteiger partial charge in [-0.3, -0.25) is 4.79 Å². The van der Waals surface area contributed by atoms with Gasteiger partial charge in [0.05, 0.1) is 5.56 Å². The monoisotopic (exact) mass is 457 g/mol. The standard InChI is InChI=1S/C20H23ClF3N5O2/c1-2-28-5-7-29(8-6-28)17-4-3-14(10-25-17)11-26-18(30)15-9-16(21)19(27-12-15)31-13-20(22,23)24/h3-4,9-10,12H,2,5-8,11,13H2,1H3,(H,26,30). The second-order valence-electron chi connectivity index (χ2n) is 7.04. The molecule has 0 unspecified atom stereocenters. The molecule has 0 aromatic carbocycles. The van der Waals surface area contributed by atoms with Gasteiger partial charge in [0, 0.05) is 45.1 Å². The lowest BCUT2D eigenvalue weighted by Gasteiger charge is -2.34. The van der Waals surface area contributed by atoms with Crippen molar-refractivity contribution in [1.29, 1.82) is 0 Å². The average Bonchev–Trinajstić information content (AvgIpc) is 2.76. The van der Waals surface area contributed by atoms with E-state index in [0.29, 0.717) is 0 Å². The number of pyridine rings is 2. The molecule has 1 aliphatic rings. The summed E-state index contributed by atoms with van der Waals surface area (Å²) in [5, 5.41) is 2.54. The van der Waals surface area contributed by atoms with E-state index in [1.807, 2.05) is 12.1 Å². The van der Waals surface area contributed by atoms with Gasteiger partial charge in [-0.2, -0.15) is 13.2 Å². The molecule has 1 saturated heterocycles. The number of carbonyl (C=O) groups excluding carboxylic acids is 1. The Morgan fingerprint density at radius 1 is 1.19 bits per heavy atom. The topological polar surface area (TPSA) is 70.6 Å². The van der Waals surface area contributed by atoms with Gasteiger partial charge in [-0.05, 0) is 24.2 Å². The minimum atomic E-state index is -4.51. The van der Waals surface area contributed by atoms with Crippen LogP contribution in [0.5, 0.6) is 5.88 Å². The summed E-state index contributed by atoms with van der Waals surface area (Å²) in [6, 6.07) is 5.04. The Morgan fingerprint density at radius 2 is 1.94 bits per heavy atom. The Kier molecular flexibility index (Phi) is 7.55. The summed E-state index contributed by atoms with van der Waals surface area (Å²) < 4.78 is 41.2. The zero-order valence-electron chi connectivity index (χ0n) is 17.0. The Bertz CT molecular complexity index is 887. The predicted molar refractivity (Wildman–Crippen MR) is 111 cm³/mol. The van der Waals surface area contributed by atoms with Crippen molar-refractivity contribution in [1.82, 2.24) is 20.2 Å². The number of ether oxygens (including phenoxy) is 1. The number of amides is 1. The van der Waals surface area contributed by atoms with Crippen molar-refractivity contribution in [3.63, 3.8) is 0 Å². The maximum atomic E-state index is 12.3. The molecule has 1 amide bonds. The van der Waals surface area contributed by atoms with Crippen molar-refractivity contribution in [3.05, 3.63) is 46.7 Å². The molecule has 11 heteroatoms. The van der Waals surface area contributed by atoms with Crippen LogP contribution in [0.25, 0.3) is 0 Å². The first-order chi connectivity index (χ1) is 14.7. The third-order valence-electron chi connectivity index (χ3n) is 4.85. The molecular weight excluding hydrogens is 435 g/mol. The second-order valence-corrected chi connectivity index (χ2v) is 7.45. The molecule has 3 rings (SSSR count). The average molecular weight is 458 g/mol. The largest absolute Gasteiger partial charge is 0.467 e. The SMILES string of the molecule is CCN1CCN(c2ccc(CNC(=O)c3cnc(OCC(F)(F)F)c(Cl)c3)cn2)CC1. The summed E-state index contributed by atoms with van der Waals surface area (Å²) >= 11 is 5.88. The van der Waals surface area contributed by atoms with E-state index in [0.717, 1.165) is 50.3 Å². The van der Waals surface area contributed by atoms with Crippen molar-refractivity contribution < 1.29 is 22.7 Å². The molecule has 3 heterocycles. The third-order valence-corrected chi connectivity index (χ3v) is 5.12. The number of likely N-dealkylation sites (N-methyl/N-ethyl adjacent to an activating group) is 1. The normalized spacial score (nSPS) is 15.1. The summed E-state index contributed by atoms with van der Waals surface area (Å²) in [5.41, 5.74) is 0.927. The maximum Gasteiger partial charge on any atom is 0.422 e. The Hall–Kier alpha value is -2.59. The first kappa shape index (κ1) is 23.1. The summed E-state index contributed by atoms with van der Waals surface area (Å²) in [6.07, 6.45) is -1.68. The number of anilines is 1. The van der Waals surface area contributed by atoms with Crippen LogP contribution in [0, 0.1) is 0 Å². The summed E-state index contributed by atoms with van der Waals surface area (Å²) in [6.45, 7) is 5.78.